The Labute approximate surface area is 188 Å². The molecule has 5 nitrogen and oxygen atoms in total. The third-order valence-electron chi connectivity index (χ3n) is 5.06. The van der Waals surface area contributed by atoms with Crippen LogP contribution in [0.4, 0.5) is 4.39 Å². The summed E-state index contributed by atoms with van der Waals surface area (Å²) in [5.41, 5.74) is 2.39. The van der Waals surface area contributed by atoms with Crippen LogP contribution in [0.1, 0.15) is 30.4 Å². The Balaban J connectivity index is 1.30. The summed E-state index contributed by atoms with van der Waals surface area (Å²) in [7, 11) is 1.78. The van der Waals surface area contributed by atoms with Gasteiger partial charge in [0.1, 0.15) is 5.82 Å². The van der Waals surface area contributed by atoms with Gasteiger partial charge in [-0.2, -0.15) is 0 Å². The third kappa shape index (κ3) is 8.89. The number of rotatable bonds is 10. The maximum Gasteiger partial charge on any atom is 0.191 e. The molecular formula is C24H32FN3O2S. The fraction of sp³-hybridized carbons (Fsp3) is 0.458. The van der Waals surface area contributed by atoms with Crippen molar-refractivity contribution in [1.29, 1.82) is 0 Å². The molecule has 1 fully saturated rings. The van der Waals surface area contributed by atoms with E-state index < -0.39 is 0 Å². The molecular weight excluding hydrogens is 413 g/mol. The van der Waals surface area contributed by atoms with Crippen LogP contribution in [-0.4, -0.2) is 44.6 Å². The quantitative estimate of drug-likeness (QED) is 0.246. The van der Waals surface area contributed by atoms with E-state index >= 15 is 0 Å². The Morgan fingerprint density at radius 3 is 2.48 bits per heavy atom. The molecule has 0 aromatic heterocycles. The molecule has 0 spiro atoms. The van der Waals surface area contributed by atoms with E-state index in [9.17, 15) is 4.39 Å². The van der Waals surface area contributed by atoms with Crippen molar-refractivity contribution in [2.45, 2.75) is 43.4 Å². The number of ether oxygens (including phenoxy) is 2. The highest BCUT2D eigenvalue weighted by molar-refractivity contribution is 7.99. The Morgan fingerprint density at radius 2 is 1.77 bits per heavy atom. The van der Waals surface area contributed by atoms with Gasteiger partial charge in [-0.1, -0.05) is 24.3 Å². The standard InChI is InChI=1S/C24H32FN3O2S/c1-26-24(27-13-2-16-31-23-9-7-21(25)8-10-23)28-17-19-3-5-20(6-4-19)18-30-22-11-14-29-15-12-22/h3-10,22H,2,11-18H2,1H3,(H2,26,27,28). The average Bonchev–Trinajstić information content (AvgIpc) is 2.82. The Bertz CT molecular complexity index is 793. The fourth-order valence-electron chi connectivity index (χ4n) is 3.22. The lowest BCUT2D eigenvalue weighted by Crippen LogP contribution is -2.37. The highest BCUT2D eigenvalue weighted by Crippen LogP contribution is 2.18. The Kier molecular flexibility index (Phi) is 10.2. The molecule has 1 aliphatic rings. The summed E-state index contributed by atoms with van der Waals surface area (Å²) < 4.78 is 24.3. The topological polar surface area (TPSA) is 54.9 Å². The molecule has 0 unspecified atom stereocenters. The van der Waals surface area contributed by atoms with E-state index in [0.717, 1.165) is 55.6 Å². The minimum Gasteiger partial charge on any atom is -0.381 e. The van der Waals surface area contributed by atoms with Gasteiger partial charge in [0.25, 0.3) is 0 Å². The van der Waals surface area contributed by atoms with Crippen molar-refractivity contribution in [2.75, 3.05) is 32.6 Å². The van der Waals surface area contributed by atoms with E-state index in [-0.39, 0.29) is 5.82 Å². The van der Waals surface area contributed by atoms with E-state index in [4.69, 9.17) is 9.47 Å². The second kappa shape index (κ2) is 13.3. The summed E-state index contributed by atoms with van der Waals surface area (Å²) in [6.45, 7) is 3.80. The van der Waals surface area contributed by atoms with E-state index in [1.165, 1.54) is 23.3 Å². The van der Waals surface area contributed by atoms with Crippen LogP contribution in [0.5, 0.6) is 0 Å². The van der Waals surface area contributed by atoms with Gasteiger partial charge in [-0.05, 0) is 60.4 Å². The number of thioether (sulfide) groups is 1. The Morgan fingerprint density at radius 1 is 1.06 bits per heavy atom. The zero-order chi connectivity index (χ0) is 21.7. The summed E-state index contributed by atoms with van der Waals surface area (Å²) in [6, 6.07) is 15.1. The van der Waals surface area contributed by atoms with Crippen molar-refractivity contribution in [3.8, 4) is 0 Å². The number of halogens is 1. The maximum absolute atomic E-state index is 12.9. The first-order valence-electron chi connectivity index (χ1n) is 10.8. The lowest BCUT2D eigenvalue weighted by atomic mass is 10.1. The second-order valence-corrected chi connectivity index (χ2v) is 8.62. The molecule has 1 aliphatic heterocycles. The van der Waals surface area contributed by atoms with Crippen molar-refractivity contribution in [2.24, 2.45) is 4.99 Å². The van der Waals surface area contributed by atoms with Gasteiger partial charge in [-0.15, -0.1) is 11.8 Å². The third-order valence-corrected chi connectivity index (χ3v) is 6.15. The monoisotopic (exact) mass is 445 g/mol. The molecule has 31 heavy (non-hydrogen) atoms. The number of hydrogen-bond donors (Lipinski definition) is 2. The smallest absolute Gasteiger partial charge is 0.191 e. The molecule has 1 heterocycles. The molecule has 0 aliphatic carbocycles. The SMILES string of the molecule is CN=C(NCCCSc1ccc(F)cc1)NCc1ccc(COC2CCOCC2)cc1. The molecule has 0 amide bonds. The summed E-state index contributed by atoms with van der Waals surface area (Å²) in [5, 5.41) is 6.69. The number of guanidine groups is 1. The van der Waals surface area contributed by atoms with Crippen molar-refractivity contribution >= 4 is 17.7 Å². The molecule has 2 aromatic rings. The Hall–Kier alpha value is -2.09. The van der Waals surface area contributed by atoms with Crippen LogP contribution in [0, 0.1) is 5.82 Å². The molecule has 2 aromatic carbocycles. The summed E-state index contributed by atoms with van der Waals surface area (Å²) >= 11 is 1.73. The second-order valence-electron chi connectivity index (χ2n) is 7.45. The van der Waals surface area contributed by atoms with Gasteiger partial charge in [-0.25, -0.2) is 4.39 Å². The summed E-state index contributed by atoms with van der Waals surface area (Å²) in [6.07, 6.45) is 3.28. The molecule has 7 heteroatoms. The molecule has 0 saturated carbocycles. The zero-order valence-electron chi connectivity index (χ0n) is 18.1. The lowest BCUT2D eigenvalue weighted by molar-refractivity contribution is -0.0390. The van der Waals surface area contributed by atoms with Gasteiger partial charge in [0.15, 0.2) is 5.96 Å². The van der Waals surface area contributed by atoms with Crippen molar-refractivity contribution in [3.05, 3.63) is 65.5 Å². The van der Waals surface area contributed by atoms with E-state index in [1.807, 2.05) is 12.1 Å². The first-order chi connectivity index (χ1) is 15.2. The van der Waals surface area contributed by atoms with Crippen LogP contribution in [0.3, 0.4) is 0 Å². The first-order valence-corrected chi connectivity index (χ1v) is 11.8. The van der Waals surface area contributed by atoms with Gasteiger partial charge < -0.3 is 20.1 Å². The van der Waals surface area contributed by atoms with E-state index in [2.05, 4.69) is 39.9 Å². The molecule has 2 N–H and O–H groups in total. The predicted octanol–water partition coefficient (Wildman–Crippen LogP) is 4.37. The minimum absolute atomic E-state index is 0.196. The molecule has 0 bridgehead atoms. The highest BCUT2D eigenvalue weighted by atomic mass is 32.2. The van der Waals surface area contributed by atoms with Crippen LogP contribution < -0.4 is 10.6 Å². The lowest BCUT2D eigenvalue weighted by Gasteiger charge is -2.22. The van der Waals surface area contributed by atoms with Gasteiger partial charge in [0.2, 0.25) is 0 Å². The molecule has 168 valence electrons. The number of aliphatic imine (C=N–C) groups is 1. The van der Waals surface area contributed by atoms with E-state index in [1.54, 1.807) is 18.8 Å². The van der Waals surface area contributed by atoms with Gasteiger partial charge in [0, 0.05) is 38.2 Å². The van der Waals surface area contributed by atoms with Gasteiger partial charge in [0.05, 0.1) is 12.7 Å². The zero-order valence-corrected chi connectivity index (χ0v) is 18.9. The predicted molar refractivity (Wildman–Crippen MR) is 125 cm³/mol. The molecule has 3 rings (SSSR count). The van der Waals surface area contributed by atoms with Gasteiger partial charge in [-0.3, -0.25) is 4.99 Å². The number of benzene rings is 2. The average molecular weight is 446 g/mol. The van der Waals surface area contributed by atoms with Crippen molar-refractivity contribution in [1.82, 2.24) is 10.6 Å². The summed E-state index contributed by atoms with van der Waals surface area (Å²) in [4.78, 5) is 5.37. The number of hydrogen-bond acceptors (Lipinski definition) is 4. The van der Waals surface area contributed by atoms with Crippen LogP contribution in [-0.2, 0) is 22.6 Å². The number of nitrogens with one attached hydrogen (secondary N) is 2. The van der Waals surface area contributed by atoms with Gasteiger partial charge >= 0.3 is 0 Å². The van der Waals surface area contributed by atoms with E-state index in [0.29, 0.717) is 19.3 Å². The molecule has 0 atom stereocenters. The molecule has 1 saturated heterocycles. The van der Waals surface area contributed by atoms with Crippen LogP contribution in [0.25, 0.3) is 0 Å². The minimum atomic E-state index is -0.196. The largest absolute Gasteiger partial charge is 0.381 e. The van der Waals surface area contributed by atoms with Crippen molar-refractivity contribution in [3.63, 3.8) is 0 Å². The summed E-state index contributed by atoms with van der Waals surface area (Å²) in [5.74, 6) is 1.56. The normalized spacial score (nSPS) is 15.1. The first kappa shape index (κ1) is 23.6. The molecule has 0 radical (unpaired) electrons. The fourth-order valence-corrected chi connectivity index (χ4v) is 4.07. The van der Waals surface area contributed by atoms with Crippen molar-refractivity contribution < 1.29 is 13.9 Å². The van der Waals surface area contributed by atoms with Crippen LogP contribution >= 0.6 is 11.8 Å². The number of nitrogens with zero attached hydrogens (tertiary/aromatic N) is 1. The highest BCUT2D eigenvalue weighted by Gasteiger charge is 2.13. The van der Waals surface area contributed by atoms with Crippen LogP contribution in [0.15, 0.2) is 58.4 Å². The van der Waals surface area contributed by atoms with Crippen LogP contribution in [0.2, 0.25) is 0 Å². The maximum atomic E-state index is 12.9.